The summed E-state index contributed by atoms with van der Waals surface area (Å²) in [7, 11) is 0. The number of para-hydroxylation sites is 2. The van der Waals surface area contributed by atoms with Crippen LogP contribution in [0.4, 0.5) is 0 Å². The number of aliphatic hydroxyl groups is 1. The van der Waals surface area contributed by atoms with Crippen LogP contribution in [0.5, 0.6) is 0 Å². The molecular formula is C21H21N3O4. The van der Waals surface area contributed by atoms with Crippen LogP contribution in [-0.2, 0) is 16.0 Å². The molecule has 2 atom stereocenters. The van der Waals surface area contributed by atoms with Crippen molar-refractivity contribution in [1.29, 1.82) is 0 Å². The number of fused-ring (bicyclic) bond motifs is 1. The standard InChI is InChI=1S/C21H21N3O4/c22-20(26)11-10-18(25)19(12-14-6-2-1-3-7-14)28-21(27)17-13-23-15-8-4-5-9-16(15)24-17/h1-9,13,18-19,25H,10-12H2,(H2,22,26)/t18-,19-/m0/s1. The maximum Gasteiger partial charge on any atom is 0.358 e. The predicted octanol–water partition coefficient (Wildman–Crippen LogP) is 2.02. The first-order chi connectivity index (χ1) is 13.5. The molecule has 3 rings (SSSR count). The van der Waals surface area contributed by atoms with Gasteiger partial charge in [-0.25, -0.2) is 9.78 Å². The van der Waals surface area contributed by atoms with Gasteiger partial charge in [0.05, 0.1) is 23.3 Å². The van der Waals surface area contributed by atoms with Gasteiger partial charge < -0.3 is 15.6 Å². The first-order valence-electron chi connectivity index (χ1n) is 8.96. The summed E-state index contributed by atoms with van der Waals surface area (Å²) in [6.07, 6.45) is -0.135. The Labute approximate surface area is 162 Å². The van der Waals surface area contributed by atoms with E-state index in [9.17, 15) is 14.7 Å². The van der Waals surface area contributed by atoms with Crippen molar-refractivity contribution < 1.29 is 19.4 Å². The van der Waals surface area contributed by atoms with Crippen molar-refractivity contribution in [2.75, 3.05) is 0 Å². The number of amides is 1. The topological polar surface area (TPSA) is 115 Å². The van der Waals surface area contributed by atoms with E-state index in [1.165, 1.54) is 6.20 Å². The molecule has 3 aromatic rings. The number of aromatic nitrogens is 2. The molecule has 3 N–H and O–H groups in total. The summed E-state index contributed by atoms with van der Waals surface area (Å²) >= 11 is 0. The van der Waals surface area contributed by atoms with Crippen molar-refractivity contribution >= 4 is 22.9 Å². The highest BCUT2D eigenvalue weighted by Crippen LogP contribution is 2.16. The molecule has 144 valence electrons. The van der Waals surface area contributed by atoms with Crippen LogP contribution < -0.4 is 5.73 Å². The van der Waals surface area contributed by atoms with E-state index in [2.05, 4.69) is 9.97 Å². The zero-order valence-corrected chi connectivity index (χ0v) is 15.2. The number of nitrogens with two attached hydrogens (primary N) is 1. The molecule has 0 bridgehead atoms. The summed E-state index contributed by atoms with van der Waals surface area (Å²) in [5.74, 6) is -1.21. The molecule has 0 saturated carbocycles. The quantitative estimate of drug-likeness (QED) is 0.579. The van der Waals surface area contributed by atoms with Crippen LogP contribution in [0.1, 0.15) is 28.9 Å². The van der Waals surface area contributed by atoms with E-state index in [0.29, 0.717) is 17.5 Å². The second-order valence-corrected chi connectivity index (χ2v) is 6.45. The summed E-state index contributed by atoms with van der Waals surface area (Å²) in [6, 6.07) is 16.5. The third-order valence-corrected chi connectivity index (χ3v) is 4.31. The first-order valence-corrected chi connectivity index (χ1v) is 8.96. The molecule has 1 heterocycles. The molecular weight excluding hydrogens is 358 g/mol. The number of benzene rings is 2. The number of hydrogen-bond acceptors (Lipinski definition) is 6. The van der Waals surface area contributed by atoms with Gasteiger partial charge in [0.2, 0.25) is 5.91 Å². The number of esters is 1. The van der Waals surface area contributed by atoms with Crippen LogP contribution in [0.3, 0.4) is 0 Å². The van der Waals surface area contributed by atoms with E-state index < -0.39 is 24.1 Å². The molecule has 0 fully saturated rings. The minimum atomic E-state index is -1.04. The number of nitrogens with zero attached hydrogens (tertiary/aromatic N) is 2. The lowest BCUT2D eigenvalue weighted by molar-refractivity contribution is -0.119. The van der Waals surface area contributed by atoms with E-state index in [-0.39, 0.29) is 18.5 Å². The largest absolute Gasteiger partial charge is 0.454 e. The van der Waals surface area contributed by atoms with E-state index >= 15 is 0 Å². The predicted molar refractivity (Wildman–Crippen MR) is 103 cm³/mol. The number of ether oxygens (including phenoxy) is 1. The van der Waals surface area contributed by atoms with Gasteiger partial charge in [-0.2, -0.15) is 0 Å². The van der Waals surface area contributed by atoms with E-state index in [4.69, 9.17) is 10.5 Å². The lowest BCUT2D eigenvalue weighted by Crippen LogP contribution is -2.34. The van der Waals surface area contributed by atoms with Gasteiger partial charge in [0.25, 0.3) is 0 Å². The van der Waals surface area contributed by atoms with Gasteiger partial charge in [0.15, 0.2) is 5.69 Å². The molecule has 0 spiro atoms. The van der Waals surface area contributed by atoms with Crippen molar-refractivity contribution in [3.63, 3.8) is 0 Å². The third kappa shape index (κ3) is 5.11. The Hall–Kier alpha value is -3.32. The van der Waals surface area contributed by atoms with Crippen molar-refractivity contribution in [2.24, 2.45) is 5.73 Å². The Morgan fingerprint density at radius 1 is 1.04 bits per heavy atom. The molecule has 7 heteroatoms. The fourth-order valence-electron chi connectivity index (χ4n) is 2.83. The Morgan fingerprint density at radius 2 is 1.71 bits per heavy atom. The molecule has 0 unspecified atom stereocenters. The Morgan fingerprint density at radius 3 is 2.43 bits per heavy atom. The summed E-state index contributed by atoms with van der Waals surface area (Å²) in [6.45, 7) is 0. The second-order valence-electron chi connectivity index (χ2n) is 6.45. The zero-order valence-electron chi connectivity index (χ0n) is 15.2. The second kappa shape index (κ2) is 9.05. The average molecular weight is 379 g/mol. The first kappa shape index (κ1) is 19.4. The molecule has 1 amide bonds. The minimum absolute atomic E-state index is 0.000211. The normalized spacial score (nSPS) is 13.0. The van der Waals surface area contributed by atoms with Gasteiger partial charge in [-0.15, -0.1) is 0 Å². The molecule has 28 heavy (non-hydrogen) atoms. The highest BCUT2D eigenvalue weighted by molar-refractivity contribution is 5.89. The summed E-state index contributed by atoms with van der Waals surface area (Å²) in [5.41, 5.74) is 7.35. The molecule has 0 radical (unpaired) electrons. The van der Waals surface area contributed by atoms with Crippen LogP contribution in [0.2, 0.25) is 0 Å². The van der Waals surface area contributed by atoms with Crippen molar-refractivity contribution in [1.82, 2.24) is 9.97 Å². The Bertz CT molecular complexity index is 962. The van der Waals surface area contributed by atoms with Crippen LogP contribution in [-0.4, -0.2) is 39.2 Å². The number of carbonyl (C=O) groups is 2. The average Bonchev–Trinajstić information content (AvgIpc) is 2.71. The summed E-state index contributed by atoms with van der Waals surface area (Å²) in [4.78, 5) is 32.1. The number of hydrogen-bond donors (Lipinski definition) is 2. The SMILES string of the molecule is NC(=O)CC[C@H](O)[C@H](Cc1ccccc1)OC(=O)c1cnc2ccccc2n1. The number of rotatable bonds is 8. The monoisotopic (exact) mass is 379 g/mol. The third-order valence-electron chi connectivity index (χ3n) is 4.31. The van der Waals surface area contributed by atoms with Crippen LogP contribution >= 0.6 is 0 Å². The summed E-state index contributed by atoms with van der Waals surface area (Å²) in [5, 5.41) is 10.5. The Kier molecular flexibility index (Phi) is 6.29. The van der Waals surface area contributed by atoms with Crippen molar-refractivity contribution in [3.8, 4) is 0 Å². The molecule has 0 aliphatic carbocycles. The number of aliphatic hydroxyl groups excluding tert-OH is 1. The molecule has 0 aliphatic heterocycles. The van der Waals surface area contributed by atoms with E-state index in [0.717, 1.165) is 5.56 Å². The molecule has 2 aromatic carbocycles. The van der Waals surface area contributed by atoms with Gasteiger partial charge in [0.1, 0.15) is 6.10 Å². The van der Waals surface area contributed by atoms with Gasteiger partial charge in [-0.05, 0) is 24.1 Å². The lowest BCUT2D eigenvalue weighted by atomic mass is 10.0. The maximum absolute atomic E-state index is 12.6. The van der Waals surface area contributed by atoms with Gasteiger partial charge in [-0.1, -0.05) is 42.5 Å². The van der Waals surface area contributed by atoms with Crippen LogP contribution in [0.25, 0.3) is 11.0 Å². The smallest absolute Gasteiger partial charge is 0.358 e. The molecule has 0 aliphatic rings. The van der Waals surface area contributed by atoms with Crippen molar-refractivity contribution in [3.05, 3.63) is 72.1 Å². The van der Waals surface area contributed by atoms with Gasteiger partial charge in [0, 0.05) is 12.8 Å². The van der Waals surface area contributed by atoms with Gasteiger partial charge in [-0.3, -0.25) is 9.78 Å². The van der Waals surface area contributed by atoms with E-state index in [1.54, 1.807) is 18.2 Å². The van der Waals surface area contributed by atoms with Crippen LogP contribution in [0.15, 0.2) is 60.8 Å². The maximum atomic E-state index is 12.6. The summed E-state index contributed by atoms with van der Waals surface area (Å²) < 4.78 is 5.54. The van der Waals surface area contributed by atoms with Gasteiger partial charge >= 0.3 is 5.97 Å². The molecule has 0 saturated heterocycles. The fraction of sp³-hybridized carbons (Fsp3) is 0.238. The highest BCUT2D eigenvalue weighted by atomic mass is 16.6. The number of primary amides is 1. The van der Waals surface area contributed by atoms with E-state index in [1.807, 2.05) is 36.4 Å². The fourth-order valence-corrected chi connectivity index (χ4v) is 2.83. The van der Waals surface area contributed by atoms with Crippen molar-refractivity contribution in [2.45, 2.75) is 31.5 Å². The molecule has 1 aromatic heterocycles. The molecule has 7 nitrogen and oxygen atoms in total. The highest BCUT2D eigenvalue weighted by Gasteiger charge is 2.25. The lowest BCUT2D eigenvalue weighted by Gasteiger charge is -2.23. The Balaban J connectivity index is 1.77. The zero-order chi connectivity index (χ0) is 19.9. The minimum Gasteiger partial charge on any atom is -0.454 e. The number of carbonyl (C=O) groups excluding carboxylic acids is 2. The van der Waals surface area contributed by atoms with Crippen LogP contribution in [0, 0.1) is 0 Å².